The molecular formula is C20H18N2O4. The SMILES string of the molecule is COC(=O)CNCc1ccc2c(c1)CO/C2=C1/C(=O)Nc2ccccc21. The van der Waals surface area contributed by atoms with Crippen LogP contribution in [0.2, 0.25) is 0 Å². The zero-order chi connectivity index (χ0) is 18.1. The zero-order valence-electron chi connectivity index (χ0n) is 14.3. The fourth-order valence-electron chi connectivity index (χ4n) is 3.26. The van der Waals surface area contributed by atoms with Gasteiger partial charge >= 0.3 is 5.97 Å². The number of hydrogen-bond acceptors (Lipinski definition) is 5. The Kier molecular flexibility index (Phi) is 4.18. The molecule has 26 heavy (non-hydrogen) atoms. The highest BCUT2D eigenvalue weighted by molar-refractivity contribution is 6.36. The van der Waals surface area contributed by atoms with E-state index in [0.29, 0.717) is 24.5 Å². The van der Waals surface area contributed by atoms with Crippen molar-refractivity contribution in [3.8, 4) is 0 Å². The van der Waals surface area contributed by atoms with Crippen LogP contribution in [-0.4, -0.2) is 25.5 Å². The number of rotatable bonds is 4. The summed E-state index contributed by atoms with van der Waals surface area (Å²) < 4.78 is 10.5. The third kappa shape index (κ3) is 2.84. The maximum absolute atomic E-state index is 12.4. The monoisotopic (exact) mass is 350 g/mol. The summed E-state index contributed by atoms with van der Waals surface area (Å²) in [6.45, 7) is 1.14. The summed E-state index contributed by atoms with van der Waals surface area (Å²) in [5, 5.41) is 5.92. The van der Waals surface area contributed by atoms with Gasteiger partial charge in [0.15, 0.2) is 0 Å². The Morgan fingerprint density at radius 2 is 2.08 bits per heavy atom. The van der Waals surface area contributed by atoms with Crippen molar-refractivity contribution in [2.45, 2.75) is 13.2 Å². The lowest BCUT2D eigenvalue weighted by atomic mass is 9.99. The average Bonchev–Trinajstić information content (AvgIpc) is 3.20. The number of fused-ring (bicyclic) bond motifs is 2. The van der Waals surface area contributed by atoms with Crippen molar-refractivity contribution < 1.29 is 19.1 Å². The molecule has 2 heterocycles. The molecule has 6 heteroatoms. The molecule has 4 rings (SSSR count). The summed E-state index contributed by atoms with van der Waals surface area (Å²) >= 11 is 0. The quantitative estimate of drug-likeness (QED) is 0.654. The van der Waals surface area contributed by atoms with Crippen LogP contribution in [0.15, 0.2) is 42.5 Å². The van der Waals surface area contributed by atoms with Crippen molar-refractivity contribution in [3.05, 3.63) is 64.7 Å². The molecule has 2 aromatic carbocycles. The van der Waals surface area contributed by atoms with Crippen LogP contribution in [0.3, 0.4) is 0 Å². The van der Waals surface area contributed by atoms with Gasteiger partial charge in [0.25, 0.3) is 5.91 Å². The summed E-state index contributed by atoms with van der Waals surface area (Å²) in [4.78, 5) is 23.6. The van der Waals surface area contributed by atoms with Crippen LogP contribution in [0.4, 0.5) is 5.69 Å². The van der Waals surface area contributed by atoms with Crippen molar-refractivity contribution in [2.75, 3.05) is 19.0 Å². The Morgan fingerprint density at radius 3 is 2.92 bits per heavy atom. The second kappa shape index (κ2) is 6.65. The van der Waals surface area contributed by atoms with E-state index < -0.39 is 0 Å². The first kappa shape index (κ1) is 16.4. The summed E-state index contributed by atoms with van der Waals surface area (Å²) in [7, 11) is 1.36. The fourth-order valence-corrected chi connectivity index (χ4v) is 3.26. The number of carbonyl (C=O) groups is 2. The van der Waals surface area contributed by atoms with Gasteiger partial charge in [0.1, 0.15) is 12.4 Å². The molecule has 6 nitrogen and oxygen atoms in total. The fraction of sp³-hybridized carbons (Fsp3) is 0.200. The third-order valence-electron chi connectivity index (χ3n) is 4.51. The van der Waals surface area contributed by atoms with Crippen LogP contribution in [0.5, 0.6) is 0 Å². The van der Waals surface area contributed by atoms with Gasteiger partial charge in [0.05, 0.1) is 19.2 Å². The Morgan fingerprint density at radius 1 is 1.23 bits per heavy atom. The number of ether oxygens (including phenoxy) is 2. The molecule has 2 aliphatic heterocycles. The molecule has 0 radical (unpaired) electrons. The molecule has 0 saturated carbocycles. The van der Waals surface area contributed by atoms with Gasteiger partial charge in [-0.15, -0.1) is 0 Å². The van der Waals surface area contributed by atoms with Gasteiger partial charge in [-0.25, -0.2) is 0 Å². The number of benzene rings is 2. The van der Waals surface area contributed by atoms with E-state index in [1.54, 1.807) is 0 Å². The van der Waals surface area contributed by atoms with E-state index in [4.69, 9.17) is 4.74 Å². The topological polar surface area (TPSA) is 76.7 Å². The second-order valence-corrected chi connectivity index (χ2v) is 6.16. The van der Waals surface area contributed by atoms with Crippen molar-refractivity contribution in [1.82, 2.24) is 5.32 Å². The van der Waals surface area contributed by atoms with Crippen LogP contribution in [0.1, 0.15) is 22.3 Å². The molecule has 0 fully saturated rings. The highest BCUT2D eigenvalue weighted by Gasteiger charge is 2.32. The smallest absolute Gasteiger partial charge is 0.319 e. The minimum absolute atomic E-state index is 0.141. The zero-order valence-corrected chi connectivity index (χ0v) is 14.3. The van der Waals surface area contributed by atoms with Gasteiger partial charge in [-0.1, -0.05) is 36.4 Å². The molecular weight excluding hydrogens is 332 g/mol. The average molecular weight is 350 g/mol. The number of hydrogen-bond donors (Lipinski definition) is 2. The first-order valence-corrected chi connectivity index (χ1v) is 8.35. The molecule has 2 aliphatic rings. The maximum atomic E-state index is 12.4. The van der Waals surface area contributed by atoms with Crippen molar-refractivity contribution in [2.24, 2.45) is 0 Å². The summed E-state index contributed by atoms with van der Waals surface area (Å²) in [5.74, 6) is 0.182. The van der Waals surface area contributed by atoms with E-state index >= 15 is 0 Å². The lowest BCUT2D eigenvalue weighted by Crippen LogP contribution is -2.23. The van der Waals surface area contributed by atoms with E-state index in [2.05, 4.69) is 15.4 Å². The van der Waals surface area contributed by atoms with E-state index in [-0.39, 0.29) is 18.4 Å². The molecule has 132 valence electrons. The van der Waals surface area contributed by atoms with Gasteiger partial charge in [0, 0.05) is 28.9 Å². The molecule has 0 bridgehead atoms. The van der Waals surface area contributed by atoms with Crippen LogP contribution in [-0.2, 0) is 32.2 Å². The number of methoxy groups -OCH3 is 1. The highest BCUT2D eigenvalue weighted by atomic mass is 16.5. The number of carbonyl (C=O) groups excluding carboxylic acids is 2. The lowest BCUT2D eigenvalue weighted by molar-refractivity contribution is -0.139. The summed E-state index contributed by atoms with van der Waals surface area (Å²) in [5.41, 5.74) is 5.25. The first-order chi connectivity index (χ1) is 12.7. The van der Waals surface area contributed by atoms with Crippen molar-refractivity contribution >= 4 is 28.9 Å². The van der Waals surface area contributed by atoms with Crippen molar-refractivity contribution in [1.29, 1.82) is 0 Å². The minimum Gasteiger partial charge on any atom is -0.487 e. The molecule has 0 saturated heterocycles. The molecule has 0 atom stereocenters. The van der Waals surface area contributed by atoms with Gasteiger partial charge in [-0.3, -0.25) is 9.59 Å². The molecule has 0 spiro atoms. The maximum Gasteiger partial charge on any atom is 0.319 e. The van der Waals surface area contributed by atoms with Crippen LogP contribution in [0.25, 0.3) is 11.3 Å². The Balaban J connectivity index is 1.61. The summed E-state index contributed by atoms with van der Waals surface area (Å²) in [6.07, 6.45) is 0. The molecule has 0 aliphatic carbocycles. The van der Waals surface area contributed by atoms with E-state index in [0.717, 1.165) is 27.9 Å². The molecule has 2 N–H and O–H groups in total. The van der Waals surface area contributed by atoms with Crippen LogP contribution in [0, 0.1) is 0 Å². The van der Waals surface area contributed by atoms with Gasteiger partial charge in [0.2, 0.25) is 0 Å². The molecule has 0 aromatic heterocycles. The van der Waals surface area contributed by atoms with Crippen LogP contribution < -0.4 is 10.6 Å². The largest absolute Gasteiger partial charge is 0.487 e. The summed E-state index contributed by atoms with van der Waals surface area (Å²) in [6, 6.07) is 13.6. The number of para-hydroxylation sites is 1. The normalized spacial score (nSPS) is 17.3. The molecule has 2 aromatic rings. The second-order valence-electron chi connectivity index (χ2n) is 6.16. The van der Waals surface area contributed by atoms with E-state index in [9.17, 15) is 9.59 Å². The van der Waals surface area contributed by atoms with E-state index in [1.807, 2.05) is 42.5 Å². The first-order valence-electron chi connectivity index (χ1n) is 8.35. The Hall–Kier alpha value is -3.12. The molecule has 0 unspecified atom stereocenters. The Labute approximate surface area is 150 Å². The van der Waals surface area contributed by atoms with Crippen LogP contribution >= 0.6 is 0 Å². The number of nitrogens with one attached hydrogen (secondary N) is 2. The van der Waals surface area contributed by atoms with Crippen molar-refractivity contribution in [3.63, 3.8) is 0 Å². The standard InChI is InChI=1S/C20H18N2O4/c1-25-17(23)10-21-9-12-6-7-14-13(8-12)11-26-19(14)18-15-4-2-3-5-16(15)22-20(18)24/h2-8,21H,9-11H2,1H3,(H,22,24)/b19-18+. The minimum atomic E-state index is -0.299. The van der Waals surface area contributed by atoms with E-state index in [1.165, 1.54) is 7.11 Å². The molecule has 1 amide bonds. The highest BCUT2D eigenvalue weighted by Crippen LogP contribution is 2.41. The number of anilines is 1. The number of amides is 1. The van der Waals surface area contributed by atoms with Gasteiger partial charge < -0.3 is 20.1 Å². The number of esters is 1. The lowest BCUT2D eigenvalue weighted by Gasteiger charge is -2.07. The van der Waals surface area contributed by atoms with Gasteiger partial charge in [-0.05, 0) is 11.6 Å². The van der Waals surface area contributed by atoms with Gasteiger partial charge in [-0.2, -0.15) is 0 Å². The predicted molar refractivity (Wildman–Crippen MR) is 96.8 cm³/mol. The Bertz CT molecular complexity index is 933. The predicted octanol–water partition coefficient (Wildman–Crippen LogP) is 2.30. The third-order valence-corrected chi connectivity index (χ3v) is 4.51.